The average Bonchev–Trinajstić information content (AvgIpc) is 3.28. The summed E-state index contributed by atoms with van der Waals surface area (Å²) in [7, 11) is 0. The van der Waals surface area contributed by atoms with E-state index in [1.807, 2.05) is 23.5 Å². The normalized spacial score (nSPS) is 12.7. The summed E-state index contributed by atoms with van der Waals surface area (Å²) in [6.45, 7) is 17.9. The van der Waals surface area contributed by atoms with Gasteiger partial charge in [0.2, 0.25) is 0 Å². The average molecular weight is 457 g/mol. The van der Waals surface area contributed by atoms with Crippen LogP contribution in [0.4, 0.5) is 5.69 Å². The molecular formula is C26H25ClN6. The first-order chi connectivity index (χ1) is 15.8. The van der Waals surface area contributed by atoms with Crippen LogP contribution in [0.25, 0.3) is 27.7 Å². The molecule has 1 unspecified atom stereocenters. The number of hydrogen-bond acceptors (Lipinski definition) is 5. The zero-order chi connectivity index (χ0) is 23.7. The third kappa shape index (κ3) is 4.17. The zero-order valence-corrected chi connectivity index (χ0v) is 19.7. The van der Waals surface area contributed by atoms with E-state index in [9.17, 15) is 0 Å². The van der Waals surface area contributed by atoms with E-state index in [1.165, 1.54) is 0 Å². The first-order valence-electron chi connectivity index (χ1n) is 10.5. The van der Waals surface area contributed by atoms with E-state index in [-0.39, 0.29) is 6.04 Å². The van der Waals surface area contributed by atoms with Crippen molar-refractivity contribution < 1.29 is 0 Å². The van der Waals surface area contributed by atoms with Crippen molar-refractivity contribution >= 4 is 45.0 Å². The van der Waals surface area contributed by atoms with Gasteiger partial charge >= 0.3 is 0 Å². The Morgan fingerprint density at radius 1 is 1.21 bits per heavy atom. The summed E-state index contributed by atoms with van der Waals surface area (Å²) in [5.74, 6) is 0.700. The van der Waals surface area contributed by atoms with Crippen LogP contribution >= 0.6 is 11.6 Å². The monoisotopic (exact) mass is 456 g/mol. The number of hydrogen-bond donors (Lipinski definition) is 1. The Morgan fingerprint density at radius 3 is 2.70 bits per heavy atom. The van der Waals surface area contributed by atoms with E-state index in [2.05, 4.69) is 66.2 Å². The fourth-order valence-electron chi connectivity index (χ4n) is 3.92. The van der Waals surface area contributed by atoms with Crippen LogP contribution in [0.2, 0.25) is 5.15 Å². The number of allylic oxidation sites excluding steroid dienone is 5. The fourth-order valence-corrected chi connectivity index (χ4v) is 4.07. The largest absolute Gasteiger partial charge is 0.377 e. The van der Waals surface area contributed by atoms with Gasteiger partial charge < -0.3 is 5.32 Å². The fraction of sp³-hybridized carbons (Fsp3) is 0.154. The molecule has 0 radical (unpaired) electrons. The minimum atomic E-state index is -0.0882. The number of fused-ring (bicyclic) bond motifs is 3. The van der Waals surface area contributed by atoms with Crippen molar-refractivity contribution in [3.63, 3.8) is 0 Å². The molecule has 7 heteroatoms. The summed E-state index contributed by atoms with van der Waals surface area (Å²) in [6, 6.07) is 7.82. The van der Waals surface area contributed by atoms with Crippen LogP contribution in [0.5, 0.6) is 0 Å². The van der Waals surface area contributed by atoms with Gasteiger partial charge in [-0.25, -0.2) is 9.97 Å². The number of aryl methyl sites for hydroxylation is 1. The molecule has 0 amide bonds. The van der Waals surface area contributed by atoms with E-state index in [4.69, 9.17) is 16.6 Å². The molecule has 166 valence electrons. The second-order valence-electron chi connectivity index (χ2n) is 7.95. The topological polar surface area (TPSA) is 68.0 Å². The van der Waals surface area contributed by atoms with Crippen LogP contribution in [0.3, 0.4) is 0 Å². The highest BCUT2D eigenvalue weighted by molar-refractivity contribution is 6.29. The molecule has 6 nitrogen and oxygen atoms in total. The van der Waals surface area contributed by atoms with Gasteiger partial charge in [0.1, 0.15) is 17.3 Å². The lowest BCUT2D eigenvalue weighted by Crippen LogP contribution is -2.11. The molecule has 0 fully saturated rings. The molecule has 0 saturated carbocycles. The molecule has 0 bridgehead atoms. The number of pyridine rings is 1. The molecule has 33 heavy (non-hydrogen) atoms. The number of nitrogens with zero attached hydrogens (tertiary/aromatic N) is 5. The summed E-state index contributed by atoms with van der Waals surface area (Å²) < 4.78 is 1.88. The highest BCUT2D eigenvalue weighted by Gasteiger charge is 2.19. The number of rotatable bonds is 7. The molecule has 0 aliphatic carbocycles. The number of halogens is 1. The lowest BCUT2D eigenvalue weighted by molar-refractivity contribution is 0.883. The molecule has 1 N–H and O–H groups in total. The Hall–Kier alpha value is -3.77. The van der Waals surface area contributed by atoms with Gasteiger partial charge in [-0.1, -0.05) is 55.6 Å². The van der Waals surface area contributed by atoms with Crippen molar-refractivity contribution in [2.75, 3.05) is 5.32 Å². The Bertz CT molecular complexity index is 1450. The molecule has 1 aromatic carbocycles. The lowest BCUT2D eigenvalue weighted by Gasteiger charge is -2.21. The number of nitrogens with one attached hydrogen (secondary N) is 1. The minimum absolute atomic E-state index is 0.0882. The molecule has 0 aliphatic rings. The highest BCUT2D eigenvalue weighted by atomic mass is 35.5. The number of benzene rings is 1. The lowest BCUT2D eigenvalue weighted by atomic mass is 10.00. The van der Waals surface area contributed by atoms with Crippen LogP contribution < -0.4 is 5.32 Å². The maximum Gasteiger partial charge on any atom is 0.171 e. The molecule has 4 aromatic rings. The Kier molecular flexibility index (Phi) is 6.11. The second-order valence-corrected chi connectivity index (χ2v) is 8.34. The highest BCUT2D eigenvalue weighted by Crippen LogP contribution is 2.32. The summed E-state index contributed by atoms with van der Waals surface area (Å²) in [6.07, 6.45) is 7.00. The molecule has 3 heterocycles. The summed E-state index contributed by atoms with van der Waals surface area (Å²) in [5.41, 5.74) is 6.96. The van der Waals surface area contributed by atoms with Gasteiger partial charge in [0.25, 0.3) is 0 Å². The van der Waals surface area contributed by atoms with Gasteiger partial charge in [-0.3, -0.25) is 4.40 Å². The predicted molar refractivity (Wildman–Crippen MR) is 137 cm³/mol. The van der Waals surface area contributed by atoms with Crippen molar-refractivity contribution in [2.45, 2.75) is 26.8 Å². The van der Waals surface area contributed by atoms with Gasteiger partial charge in [-0.05, 0) is 50.1 Å². The third-order valence-electron chi connectivity index (χ3n) is 5.40. The summed E-state index contributed by atoms with van der Waals surface area (Å²) >= 11 is 6.12. The first-order valence-corrected chi connectivity index (χ1v) is 10.9. The van der Waals surface area contributed by atoms with Crippen LogP contribution in [0.1, 0.15) is 42.5 Å². The van der Waals surface area contributed by atoms with E-state index in [0.717, 1.165) is 50.2 Å². The Morgan fingerprint density at radius 2 is 2.00 bits per heavy atom. The van der Waals surface area contributed by atoms with Crippen LogP contribution in [0, 0.1) is 6.92 Å². The molecule has 4 rings (SSSR count). The van der Waals surface area contributed by atoms with Gasteiger partial charge in [0.05, 0.1) is 22.9 Å². The smallest absolute Gasteiger partial charge is 0.171 e. The van der Waals surface area contributed by atoms with Crippen molar-refractivity contribution in [2.24, 2.45) is 0 Å². The van der Waals surface area contributed by atoms with E-state index < -0.39 is 0 Å². The Balaban J connectivity index is 1.93. The van der Waals surface area contributed by atoms with E-state index in [1.54, 1.807) is 24.5 Å². The van der Waals surface area contributed by atoms with Gasteiger partial charge in [-0.2, -0.15) is 0 Å². The third-order valence-corrected chi connectivity index (χ3v) is 5.61. The minimum Gasteiger partial charge on any atom is -0.377 e. The van der Waals surface area contributed by atoms with E-state index >= 15 is 0 Å². The second kappa shape index (κ2) is 9.00. The Labute approximate surface area is 198 Å². The first kappa shape index (κ1) is 22.4. The maximum absolute atomic E-state index is 6.12. The SMILES string of the molecule is C=C/C=C(\C=C)c1nc2c(C(C)Nc3ccc(Cl)nc3C(=C)C)cc(C)cc2c2nncn12. The van der Waals surface area contributed by atoms with Crippen molar-refractivity contribution in [3.05, 3.63) is 96.4 Å². The molecule has 0 saturated heterocycles. The number of aromatic nitrogens is 5. The zero-order valence-electron chi connectivity index (χ0n) is 18.9. The quantitative estimate of drug-likeness (QED) is 0.251. The van der Waals surface area contributed by atoms with Gasteiger partial charge in [0, 0.05) is 16.5 Å². The van der Waals surface area contributed by atoms with Crippen molar-refractivity contribution in [3.8, 4) is 0 Å². The molecule has 0 spiro atoms. The number of anilines is 1. The summed E-state index contributed by atoms with van der Waals surface area (Å²) in [5, 5.41) is 13.5. The van der Waals surface area contributed by atoms with Crippen LogP contribution in [-0.4, -0.2) is 24.6 Å². The standard InChI is InChI=1S/C26H25ClN6/c1-7-9-18(8-2)25-31-24-19(12-16(5)13-20(24)26-32-28-14-33(25)26)17(6)29-21-10-11-22(27)30-23(21)15(3)4/h7-14,17,29H,1-3H2,4-6H3/b18-9+. The maximum atomic E-state index is 6.12. The summed E-state index contributed by atoms with van der Waals surface area (Å²) in [4.78, 5) is 9.48. The van der Waals surface area contributed by atoms with Gasteiger partial charge in [0.15, 0.2) is 5.65 Å². The van der Waals surface area contributed by atoms with Gasteiger partial charge in [-0.15, -0.1) is 10.2 Å². The van der Waals surface area contributed by atoms with Crippen LogP contribution in [0.15, 0.2) is 68.6 Å². The molecule has 3 aromatic heterocycles. The van der Waals surface area contributed by atoms with Crippen molar-refractivity contribution in [1.82, 2.24) is 24.6 Å². The molecule has 0 aliphatic heterocycles. The predicted octanol–water partition coefficient (Wildman–Crippen LogP) is 6.60. The van der Waals surface area contributed by atoms with E-state index in [0.29, 0.717) is 11.0 Å². The molecule has 1 atom stereocenters. The van der Waals surface area contributed by atoms with Crippen LogP contribution in [-0.2, 0) is 0 Å². The molecular weight excluding hydrogens is 432 g/mol. The van der Waals surface area contributed by atoms with Crippen molar-refractivity contribution in [1.29, 1.82) is 0 Å².